The maximum atomic E-state index is 5.43. The first-order valence-corrected chi connectivity index (χ1v) is 9.89. The number of benzene rings is 1. The highest BCUT2D eigenvalue weighted by Crippen LogP contribution is 2.35. The number of fused-ring (bicyclic) bond motifs is 1. The number of rotatable bonds is 3. The molecule has 23 heavy (non-hydrogen) atoms. The lowest BCUT2D eigenvalue weighted by atomic mass is 10.0. The van der Waals surface area contributed by atoms with E-state index in [2.05, 4.69) is 34.3 Å². The minimum absolute atomic E-state index is 0.380. The maximum Gasteiger partial charge on any atom is 0.180 e. The van der Waals surface area contributed by atoms with Gasteiger partial charge in [-0.25, -0.2) is 9.67 Å². The Kier molecular flexibility index (Phi) is 4.27. The van der Waals surface area contributed by atoms with Gasteiger partial charge in [0, 0.05) is 6.54 Å². The van der Waals surface area contributed by atoms with Crippen LogP contribution < -0.4 is 0 Å². The second-order valence-corrected chi connectivity index (χ2v) is 8.76. The Bertz CT molecular complexity index is 846. The summed E-state index contributed by atoms with van der Waals surface area (Å²) < 4.78 is 4.09. The molecule has 3 aromatic rings. The van der Waals surface area contributed by atoms with Gasteiger partial charge in [0.2, 0.25) is 0 Å². The van der Waals surface area contributed by atoms with Gasteiger partial charge in [-0.2, -0.15) is 5.10 Å². The fourth-order valence-corrected chi connectivity index (χ4v) is 5.34. The number of piperidine rings is 1. The lowest BCUT2D eigenvalue weighted by Crippen LogP contribution is -2.35. The van der Waals surface area contributed by atoms with Crippen LogP contribution in [0.15, 0.2) is 24.3 Å². The van der Waals surface area contributed by atoms with E-state index in [0.29, 0.717) is 6.04 Å². The van der Waals surface area contributed by atoms with Crippen molar-refractivity contribution >= 4 is 45.1 Å². The number of hydrogen-bond donors (Lipinski definition) is 0. The fraction of sp³-hybridized carbons (Fsp3) is 0.438. The van der Waals surface area contributed by atoms with Crippen molar-refractivity contribution in [2.45, 2.75) is 38.9 Å². The van der Waals surface area contributed by atoms with E-state index < -0.39 is 0 Å². The van der Waals surface area contributed by atoms with Gasteiger partial charge in [0.15, 0.2) is 3.95 Å². The largest absolute Gasteiger partial charge is 0.275 e. The smallest absolute Gasteiger partial charge is 0.180 e. The van der Waals surface area contributed by atoms with Crippen LogP contribution in [0.2, 0.25) is 0 Å². The Hall–Kier alpha value is -1.15. The number of hydrogen-bond acceptors (Lipinski definition) is 6. The molecule has 1 fully saturated rings. The molecule has 1 aromatic carbocycles. The number of aryl methyl sites for hydroxylation is 1. The molecule has 0 N–H and O–H groups in total. The van der Waals surface area contributed by atoms with Gasteiger partial charge >= 0.3 is 0 Å². The summed E-state index contributed by atoms with van der Waals surface area (Å²) in [5.41, 5.74) is 1.11. The van der Waals surface area contributed by atoms with Crippen LogP contribution >= 0.6 is 34.9 Å². The van der Waals surface area contributed by atoms with Crippen LogP contribution in [0.4, 0.5) is 0 Å². The Morgan fingerprint density at radius 3 is 2.91 bits per heavy atom. The quantitative estimate of drug-likeness (QED) is 0.628. The standard InChI is InChI=1S/C16H18N4S3/c1-11-18-20(16(21)22-11)10-19-9-5-4-7-13(19)15-17-12-6-2-3-8-14(12)23-15/h2-3,6,8,13H,4-5,7,9-10H2,1H3/t13-/m1/s1. The van der Waals surface area contributed by atoms with Crippen molar-refractivity contribution in [2.24, 2.45) is 0 Å². The maximum absolute atomic E-state index is 5.43. The molecular weight excluding hydrogens is 344 g/mol. The molecule has 4 rings (SSSR count). The molecule has 1 aliphatic rings. The van der Waals surface area contributed by atoms with Gasteiger partial charge < -0.3 is 0 Å². The molecule has 0 spiro atoms. The molecule has 0 radical (unpaired) electrons. The Morgan fingerprint density at radius 2 is 2.13 bits per heavy atom. The lowest BCUT2D eigenvalue weighted by molar-refractivity contribution is 0.103. The molecule has 120 valence electrons. The van der Waals surface area contributed by atoms with Crippen LogP contribution in [0.1, 0.15) is 35.3 Å². The molecule has 0 unspecified atom stereocenters. The summed E-state index contributed by atoms with van der Waals surface area (Å²) >= 11 is 8.84. The van der Waals surface area contributed by atoms with Crippen molar-refractivity contribution in [3.05, 3.63) is 38.2 Å². The van der Waals surface area contributed by atoms with Gasteiger partial charge in [0.05, 0.1) is 22.9 Å². The van der Waals surface area contributed by atoms with Gasteiger partial charge in [0.1, 0.15) is 10.0 Å². The molecule has 1 atom stereocenters. The first kappa shape index (κ1) is 15.4. The van der Waals surface area contributed by atoms with Gasteiger partial charge in [-0.3, -0.25) is 4.90 Å². The first-order chi connectivity index (χ1) is 11.2. The molecule has 0 saturated carbocycles. The zero-order valence-electron chi connectivity index (χ0n) is 12.9. The van der Waals surface area contributed by atoms with Crippen LogP contribution in [0.5, 0.6) is 0 Å². The first-order valence-electron chi connectivity index (χ1n) is 7.85. The second-order valence-electron chi connectivity index (χ2n) is 5.87. The summed E-state index contributed by atoms with van der Waals surface area (Å²) in [5.74, 6) is 0. The predicted octanol–water partition coefficient (Wildman–Crippen LogP) is 4.78. The summed E-state index contributed by atoms with van der Waals surface area (Å²) in [4.78, 5) is 7.36. The molecule has 1 aliphatic heterocycles. The van der Waals surface area contributed by atoms with Gasteiger partial charge in [-0.15, -0.1) is 11.3 Å². The summed E-state index contributed by atoms with van der Waals surface area (Å²) in [6.45, 7) is 3.86. The molecular formula is C16H18N4S3. The summed E-state index contributed by atoms with van der Waals surface area (Å²) in [5, 5.41) is 6.80. The lowest BCUT2D eigenvalue weighted by Gasteiger charge is -2.34. The van der Waals surface area contributed by atoms with Crippen molar-refractivity contribution in [2.75, 3.05) is 6.54 Å². The van der Waals surface area contributed by atoms with Gasteiger partial charge in [-0.1, -0.05) is 29.9 Å². The Balaban J connectivity index is 1.64. The molecule has 2 aromatic heterocycles. The number of para-hydroxylation sites is 1. The minimum atomic E-state index is 0.380. The van der Waals surface area contributed by atoms with Crippen LogP contribution in [-0.2, 0) is 6.67 Å². The second kappa shape index (κ2) is 6.39. The Morgan fingerprint density at radius 1 is 1.26 bits per heavy atom. The number of aromatic nitrogens is 3. The molecule has 7 heteroatoms. The average Bonchev–Trinajstić information content (AvgIpc) is 3.11. The molecule has 1 saturated heterocycles. The van der Waals surface area contributed by atoms with E-state index in [1.165, 1.54) is 22.5 Å². The highest BCUT2D eigenvalue weighted by Gasteiger charge is 2.27. The third kappa shape index (κ3) is 3.10. The van der Waals surface area contributed by atoms with E-state index >= 15 is 0 Å². The van der Waals surface area contributed by atoms with Crippen molar-refractivity contribution < 1.29 is 0 Å². The van der Waals surface area contributed by atoms with Crippen LogP contribution in [0, 0.1) is 10.9 Å². The van der Waals surface area contributed by atoms with Crippen LogP contribution in [0.25, 0.3) is 10.2 Å². The van der Waals surface area contributed by atoms with E-state index in [-0.39, 0.29) is 0 Å². The normalized spacial score (nSPS) is 19.4. The summed E-state index contributed by atoms with van der Waals surface area (Å²) in [6.07, 6.45) is 3.66. The molecule has 0 amide bonds. The average molecular weight is 363 g/mol. The van der Waals surface area contributed by atoms with Gasteiger partial charge in [-0.05, 0) is 44.1 Å². The predicted molar refractivity (Wildman–Crippen MR) is 98.6 cm³/mol. The SMILES string of the molecule is Cc1nn(CN2CCCC[C@@H]2c2nc3ccccc3s2)c(=S)s1. The summed E-state index contributed by atoms with van der Waals surface area (Å²) in [6, 6.07) is 8.78. The molecule has 3 heterocycles. The van der Waals surface area contributed by atoms with Crippen molar-refractivity contribution in [1.82, 2.24) is 19.7 Å². The third-order valence-electron chi connectivity index (χ3n) is 4.23. The zero-order valence-corrected chi connectivity index (χ0v) is 15.4. The van der Waals surface area contributed by atoms with E-state index in [1.807, 2.05) is 22.9 Å². The molecule has 0 bridgehead atoms. The summed E-state index contributed by atoms with van der Waals surface area (Å²) in [7, 11) is 0. The van der Waals surface area contributed by atoms with E-state index in [4.69, 9.17) is 17.2 Å². The Labute approximate surface area is 148 Å². The molecule has 4 nitrogen and oxygen atoms in total. The highest BCUT2D eigenvalue weighted by atomic mass is 32.1. The van der Waals surface area contributed by atoms with Crippen molar-refractivity contribution in [1.29, 1.82) is 0 Å². The van der Waals surface area contributed by atoms with E-state index in [0.717, 1.165) is 34.1 Å². The molecule has 0 aliphatic carbocycles. The zero-order chi connectivity index (χ0) is 15.8. The number of nitrogens with zero attached hydrogens (tertiary/aromatic N) is 4. The fourth-order valence-electron chi connectivity index (χ4n) is 3.14. The third-order valence-corrected chi connectivity index (χ3v) is 6.59. The van der Waals surface area contributed by atoms with Crippen LogP contribution in [0.3, 0.4) is 0 Å². The van der Waals surface area contributed by atoms with E-state index in [1.54, 1.807) is 11.3 Å². The van der Waals surface area contributed by atoms with E-state index in [9.17, 15) is 0 Å². The number of likely N-dealkylation sites (tertiary alicyclic amines) is 1. The van der Waals surface area contributed by atoms with Crippen LogP contribution in [-0.4, -0.2) is 26.2 Å². The van der Waals surface area contributed by atoms with Crippen molar-refractivity contribution in [3.8, 4) is 0 Å². The number of thiazole rings is 1. The highest BCUT2D eigenvalue weighted by molar-refractivity contribution is 7.73. The monoisotopic (exact) mass is 362 g/mol. The topological polar surface area (TPSA) is 34.0 Å². The minimum Gasteiger partial charge on any atom is -0.275 e. The van der Waals surface area contributed by atoms with Gasteiger partial charge in [0.25, 0.3) is 0 Å². The van der Waals surface area contributed by atoms with Crippen molar-refractivity contribution in [3.63, 3.8) is 0 Å².